The summed E-state index contributed by atoms with van der Waals surface area (Å²) in [5, 5.41) is 20.5. The minimum Gasteiger partial charge on any atom is -0.394 e. The summed E-state index contributed by atoms with van der Waals surface area (Å²) in [7, 11) is 0. The average Bonchev–Trinajstić information content (AvgIpc) is 2.29. The maximum Gasteiger partial charge on any atom is 0.253 e. The maximum absolute atomic E-state index is 11.7. The van der Waals surface area contributed by atoms with Gasteiger partial charge in [-0.2, -0.15) is 0 Å². The topological polar surface area (TPSA) is 69.6 Å². The van der Waals surface area contributed by atoms with E-state index in [0.717, 1.165) is 0 Å². The molecule has 0 saturated carbocycles. The third-order valence-electron chi connectivity index (χ3n) is 1.97. The van der Waals surface area contributed by atoms with Crippen LogP contribution in [0.5, 0.6) is 0 Å². The Morgan fingerprint density at radius 2 is 1.94 bits per heavy atom. The van der Waals surface area contributed by atoms with E-state index in [1.807, 2.05) is 0 Å². The van der Waals surface area contributed by atoms with Crippen molar-refractivity contribution in [2.75, 3.05) is 13.2 Å². The predicted octanol–water partition coefficient (Wildman–Crippen LogP) is 1.08. The Balaban J connectivity index is 2.84. The van der Waals surface area contributed by atoms with Gasteiger partial charge in [0.25, 0.3) is 5.91 Å². The molecule has 0 radical (unpaired) electrons. The van der Waals surface area contributed by atoms with Crippen molar-refractivity contribution in [2.24, 2.45) is 0 Å². The smallest absolute Gasteiger partial charge is 0.253 e. The lowest BCUT2D eigenvalue weighted by atomic mass is 10.2. The van der Waals surface area contributed by atoms with Gasteiger partial charge >= 0.3 is 0 Å². The summed E-state index contributed by atoms with van der Waals surface area (Å²) in [4.78, 5) is 11.7. The average molecular weight is 264 g/mol. The molecule has 0 spiro atoms. The minimum absolute atomic E-state index is 0.149. The number of hydrogen-bond donors (Lipinski definition) is 3. The Hall–Kier alpha value is -0.810. The first-order valence-corrected chi connectivity index (χ1v) is 5.32. The molecule has 1 amide bonds. The molecule has 6 heteroatoms. The van der Waals surface area contributed by atoms with Crippen molar-refractivity contribution in [3.8, 4) is 0 Å². The molecule has 0 saturated heterocycles. The summed E-state index contributed by atoms with van der Waals surface area (Å²) in [6, 6.07) is 3.96. The van der Waals surface area contributed by atoms with Crippen LogP contribution < -0.4 is 5.32 Å². The summed E-state index contributed by atoms with van der Waals surface area (Å²) >= 11 is 11.6. The number of halogens is 2. The molecule has 0 aliphatic rings. The van der Waals surface area contributed by atoms with E-state index in [1.54, 1.807) is 12.1 Å². The molecule has 0 unspecified atom stereocenters. The Morgan fingerprint density at radius 3 is 2.50 bits per heavy atom. The molecule has 0 aromatic heterocycles. The van der Waals surface area contributed by atoms with E-state index in [0.29, 0.717) is 0 Å². The quantitative estimate of drug-likeness (QED) is 0.762. The number of nitrogens with one attached hydrogen (secondary N) is 1. The molecule has 0 atom stereocenters. The third-order valence-corrected chi connectivity index (χ3v) is 2.79. The Morgan fingerprint density at radius 1 is 1.31 bits per heavy atom. The lowest BCUT2D eigenvalue weighted by molar-refractivity contribution is 0.0879. The van der Waals surface area contributed by atoms with Crippen LogP contribution in [0.3, 0.4) is 0 Å². The van der Waals surface area contributed by atoms with E-state index in [4.69, 9.17) is 33.4 Å². The maximum atomic E-state index is 11.7. The van der Waals surface area contributed by atoms with E-state index < -0.39 is 11.9 Å². The second kappa shape index (κ2) is 6.06. The fourth-order valence-electron chi connectivity index (χ4n) is 1.09. The molecule has 16 heavy (non-hydrogen) atoms. The first-order valence-electron chi connectivity index (χ1n) is 4.56. The molecule has 4 nitrogen and oxygen atoms in total. The SMILES string of the molecule is O=C(NC(CO)CO)c1cccc(Cl)c1Cl. The standard InChI is InChI=1S/C10H11Cl2NO3/c11-8-3-1-2-7(9(8)12)10(16)13-6(4-14)5-15/h1-3,6,14-15H,4-5H2,(H,13,16). The number of amides is 1. The van der Waals surface area contributed by atoms with Gasteiger partial charge in [0, 0.05) is 0 Å². The van der Waals surface area contributed by atoms with Gasteiger partial charge in [-0.3, -0.25) is 4.79 Å². The molecule has 88 valence electrons. The summed E-state index contributed by atoms with van der Waals surface area (Å²) in [6.07, 6.45) is 0. The number of carbonyl (C=O) groups excluding carboxylic acids is 1. The Kier molecular flexibility index (Phi) is 5.02. The van der Waals surface area contributed by atoms with Gasteiger partial charge in [0.15, 0.2) is 0 Å². The van der Waals surface area contributed by atoms with Crippen molar-refractivity contribution < 1.29 is 15.0 Å². The summed E-state index contributed by atoms with van der Waals surface area (Å²) < 4.78 is 0. The van der Waals surface area contributed by atoms with Crippen LogP contribution in [0, 0.1) is 0 Å². The highest BCUT2D eigenvalue weighted by molar-refractivity contribution is 6.43. The lowest BCUT2D eigenvalue weighted by Crippen LogP contribution is -2.40. The van der Waals surface area contributed by atoms with Gasteiger partial charge in [-0.25, -0.2) is 0 Å². The molecule has 0 heterocycles. The van der Waals surface area contributed by atoms with E-state index in [9.17, 15) is 4.79 Å². The highest BCUT2D eigenvalue weighted by atomic mass is 35.5. The van der Waals surface area contributed by atoms with Crippen LogP contribution in [-0.4, -0.2) is 35.4 Å². The lowest BCUT2D eigenvalue weighted by Gasteiger charge is -2.14. The van der Waals surface area contributed by atoms with Crippen molar-refractivity contribution in [3.05, 3.63) is 33.8 Å². The number of benzene rings is 1. The highest BCUT2D eigenvalue weighted by Crippen LogP contribution is 2.25. The zero-order chi connectivity index (χ0) is 12.1. The van der Waals surface area contributed by atoms with Gasteiger partial charge in [0.1, 0.15) is 0 Å². The summed E-state index contributed by atoms with van der Waals surface area (Å²) in [5.74, 6) is -0.486. The fraction of sp³-hybridized carbons (Fsp3) is 0.300. The first kappa shape index (κ1) is 13.3. The van der Waals surface area contributed by atoms with E-state index in [-0.39, 0.29) is 28.8 Å². The summed E-state index contributed by atoms with van der Waals surface area (Å²) in [6.45, 7) is -0.694. The van der Waals surface area contributed by atoms with Crippen molar-refractivity contribution in [3.63, 3.8) is 0 Å². The third kappa shape index (κ3) is 3.09. The summed E-state index contributed by atoms with van der Waals surface area (Å²) in [5.41, 5.74) is 0.209. The normalized spacial score (nSPS) is 10.6. The molecular formula is C10H11Cl2NO3. The zero-order valence-corrected chi connectivity index (χ0v) is 9.79. The van der Waals surface area contributed by atoms with E-state index in [2.05, 4.69) is 5.32 Å². The molecule has 0 bridgehead atoms. The molecular weight excluding hydrogens is 253 g/mol. The molecule has 1 aromatic carbocycles. The zero-order valence-electron chi connectivity index (χ0n) is 8.28. The molecule has 0 aliphatic carbocycles. The van der Waals surface area contributed by atoms with Crippen LogP contribution in [0.1, 0.15) is 10.4 Å². The number of aliphatic hydroxyl groups excluding tert-OH is 2. The van der Waals surface area contributed by atoms with Crippen LogP contribution in [0.2, 0.25) is 10.0 Å². The van der Waals surface area contributed by atoms with Crippen LogP contribution in [0.4, 0.5) is 0 Å². The molecule has 1 aromatic rings. The van der Waals surface area contributed by atoms with E-state index in [1.165, 1.54) is 6.07 Å². The van der Waals surface area contributed by atoms with Gasteiger partial charge < -0.3 is 15.5 Å². The minimum atomic E-state index is -0.706. The molecule has 0 fully saturated rings. The van der Waals surface area contributed by atoms with Crippen molar-refractivity contribution in [1.82, 2.24) is 5.32 Å². The second-order valence-electron chi connectivity index (χ2n) is 3.14. The Bertz CT molecular complexity index is 380. The van der Waals surface area contributed by atoms with Crippen LogP contribution in [-0.2, 0) is 0 Å². The van der Waals surface area contributed by atoms with Crippen LogP contribution in [0.15, 0.2) is 18.2 Å². The molecule has 0 aliphatic heterocycles. The van der Waals surface area contributed by atoms with Crippen LogP contribution in [0.25, 0.3) is 0 Å². The predicted molar refractivity (Wildman–Crippen MR) is 61.9 cm³/mol. The van der Waals surface area contributed by atoms with Gasteiger partial charge in [-0.15, -0.1) is 0 Å². The Labute approximate surface area is 103 Å². The monoisotopic (exact) mass is 263 g/mol. The van der Waals surface area contributed by atoms with E-state index >= 15 is 0 Å². The van der Waals surface area contributed by atoms with Gasteiger partial charge in [-0.05, 0) is 12.1 Å². The van der Waals surface area contributed by atoms with Crippen molar-refractivity contribution >= 4 is 29.1 Å². The first-order chi connectivity index (χ1) is 7.60. The number of rotatable bonds is 4. The van der Waals surface area contributed by atoms with Crippen LogP contribution >= 0.6 is 23.2 Å². The largest absolute Gasteiger partial charge is 0.394 e. The number of hydrogen-bond acceptors (Lipinski definition) is 3. The van der Waals surface area contributed by atoms with Gasteiger partial charge in [0.05, 0.1) is 34.9 Å². The number of aliphatic hydroxyl groups is 2. The van der Waals surface area contributed by atoms with Crippen molar-refractivity contribution in [1.29, 1.82) is 0 Å². The van der Waals surface area contributed by atoms with Crippen molar-refractivity contribution in [2.45, 2.75) is 6.04 Å². The molecule has 1 rings (SSSR count). The fourth-order valence-corrected chi connectivity index (χ4v) is 1.48. The highest BCUT2D eigenvalue weighted by Gasteiger charge is 2.15. The molecule has 3 N–H and O–H groups in total. The van der Waals surface area contributed by atoms with Gasteiger partial charge in [0.2, 0.25) is 0 Å². The van der Waals surface area contributed by atoms with Gasteiger partial charge in [-0.1, -0.05) is 29.3 Å². The number of carbonyl (C=O) groups is 1. The second-order valence-corrected chi connectivity index (χ2v) is 3.92.